The van der Waals surface area contributed by atoms with E-state index in [0.29, 0.717) is 11.3 Å². The Morgan fingerprint density at radius 1 is 1.36 bits per heavy atom. The Bertz CT molecular complexity index is 298. The van der Waals surface area contributed by atoms with E-state index in [1.807, 2.05) is 19.9 Å². The average Bonchev–Trinajstić information content (AvgIpc) is 1.99. The molecule has 2 nitrogen and oxygen atoms in total. The predicted molar refractivity (Wildman–Crippen MR) is 45.0 cm³/mol. The Labute approximate surface area is 66.3 Å². The number of nitrogen functional groups attached to an aromatic ring is 1. The molecular formula is C9H10N2. The van der Waals surface area contributed by atoms with Crippen molar-refractivity contribution in [1.82, 2.24) is 0 Å². The summed E-state index contributed by atoms with van der Waals surface area (Å²) in [5.74, 6) is 0. The molecule has 0 aliphatic rings. The summed E-state index contributed by atoms with van der Waals surface area (Å²) >= 11 is 0. The highest BCUT2D eigenvalue weighted by atomic mass is 14.6. The quantitative estimate of drug-likeness (QED) is 0.567. The normalized spacial score (nSPS) is 9.18. The van der Waals surface area contributed by atoms with Crippen LogP contribution in [-0.2, 0) is 0 Å². The van der Waals surface area contributed by atoms with Crippen LogP contribution in [-0.4, -0.2) is 0 Å². The SMILES string of the molecule is Cc1cc(C#N)cc(N)c1C. The van der Waals surface area contributed by atoms with Crippen LogP contribution in [0.1, 0.15) is 16.7 Å². The summed E-state index contributed by atoms with van der Waals surface area (Å²) in [5, 5.41) is 8.57. The van der Waals surface area contributed by atoms with Crippen LogP contribution in [0.2, 0.25) is 0 Å². The van der Waals surface area contributed by atoms with Crippen molar-refractivity contribution < 1.29 is 0 Å². The van der Waals surface area contributed by atoms with Gasteiger partial charge in [0.25, 0.3) is 0 Å². The van der Waals surface area contributed by atoms with Crippen molar-refractivity contribution in [3.05, 3.63) is 28.8 Å². The highest BCUT2D eigenvalue weighted by molar-refractivity contribution is 5.55. The largest absolute Gasteiger partial charge is 0.398 e. The van der Waals surface area contributed by atoms with E-state index in [0.717, 1.165) is 11.1 Å². The number of rotatable bonds is 0. The maximum atomic E-state index is 8.57. The molecule has 56 valence electrons. The van der Waals surface area contributed by atoms with Crippen molar-refractivity contribution >= 4 is 5.69 Å². The molecule has 11 heavy (non-hydrogen) atoms. The van der Waals surface area contributed by atoms with E-state index < -0.39 is 0 Å². The molecule has 0 aliphatic heterocycles. The first-order valence-electron chi connectivity index (χ1n) is 3.42. The molecule has 1 aromatic rings. The summed E-state index contributed by atoms with van der Waals surface area (Å²) in [6, 6.07) is 5.59. The van der Waals surface area contributed by atoms with Crippen LogP contribution >= 0.6 is 0 Å². The number of nitriles is 1. The van der Waals surface area contributed by atoms with Gasteiger partial charge in [0.1, 0.15) is 0 Å². The number of nitrogens with zero attached hydrogens (tertiary/aromatic N) is 1. The van der Waals surface area contributed by atoms with Crippen molar-refractivity contribution in [2.45, 2.75) is 13.8 Å². The van der Waals surface area contributed by atoms with E-state index in [2.05, 4.69) is 6.07 Å². The Morgan fingerprint density at radius 3 is 2.45 bits per heavy atom. The highest BCUT2D eigenvalue weighted by Crippen LogP contribution is 2.17. The van der Waals surface area contributed by atoms with Crippen molar-refractivity contribution in [2.75, 3.05) is 5.73 Å². The standard InChI is InChI=1S/C9H10N2/c1-6-3-8(5-10)4-9(11)7(6)2/h3-4H,11H2,1-2H3. The summed E-state index contributed by atoms with van der Waals surface area (Å²) in [4.78, 5) is 0. The maximum Gasteiger partial charge on any atom is 0.0992 e. The molecule has 0 atom stereocenters. The fourth-order valence-electron chi connectivity index (χ4n) is 0.951. The van der Waals surface area contributed by atoms with Crippen molar-refractivity contribution in [3.8, 4) is 6.07 Å². The molecule has 0 fully saturated rings. The molecule has 0 bridgehead atoms. The Kier molecular flexibility index (Phi) is 1.82. The maximum absolute atomic E-state index is 8.57. The van der Waals surface area contributed by atoms with Gasteiger partial charge in [-0.15, -0.1) is 0 Å². The Morgan fingerprint density at radius 2 is 2.00 bits per heavy atom. The van der Waals surface area contributed by atoms with Gasteiger partial charge >= 0.3 is 0 Å². The molecule has 0 aliphatic carbocycles. The second kappa shape index (κ2) is 2.63. The summed E-state index contributed by atoms with van der Waals surface area (Å²) < 4.78 is 0. The number of aryl methyl sites for hydroxylation is 1. The second-order valence-corrected chi connectivity index (χ2v) is 2.62. The molecule has 0 aromatic heterocycles. The van der Waals surface area contributed by atoms with Crippen LogP contribution in [0.3, 0.4) is 0 Å². The summed E-state index contributed by atoms with van der Waals surface area (Å²) in [6.45, 7) is 3.90. The molecular weight excluding hydrogens is 136 g/mol. The van der Waals surface area contributed by atoms with E-state index >= 15 is 0 Å². The third-order valence-electron chi connectivity index (χ3n) is 1.84. The predicted octanol–water partition coefficient (Wildman–Crippen LogP) is 1.76. The van der Waals surface area contributed by atoms with Gasteiger partial charge in [-0.05, 0) is 37.1 Å². The van der Waals surface area contributed by atoms with Crippen LogP contribution < -0.4 is 5.73 Å². The van der Waals surface area contributed by atoms with E-state index in [1.165, 1.54) is 0 Å². The lowest BCUT2D eigenvalue weighted by Crippen LogP contribution is -1.93. The van der Waals surface area contributed by atoms with Gasteiger partial charge in [-0.25, -0.2) is 0 Å². The minimum atomic E-state index is 0.630. The van der Waals surface area contributed by atoms with E-state index in [9.17, 15) is 0 Å². The average molecular weight is 146 g/mol. The van der Waals surface area contributed by atoms with Gasteiger partial charge in [0.2, 0.25) is 0 Å². The van der Waals surface area contributed by atoms with Crippen molar-refractivity contribution in [2.24, 2.45) is 0 Å². The van der Waals surface area contributed by atoms with Gasteiger partial charge in [-0.1, -0.05) is 0 Å². The third-order valence-corrected chi connectivity index (χ3v) is 1.84. The lowest BCUT2D eigenvalue weighted by Gasteiger charge is -2.03. The molecule has 0 radical (unpaired) electrons. The molecule has 1 aromatic carbocycles. The van der Waals surface area contributed by atoms with E-state index in [1.54, 1.807) is 6.07 Å². The summed E-state index contributed by atoms with van der Waals surface area (Å²) in [6.07, 6.45) is 0. The first kappa shape index (κ1) is 7.62. The number of nitrogens with two attached hydrogens (primary N) is 1. The minimum Gasteiger partial charge on any atom is -0.398 e. The fraction of sp³-hybridized carbons (Fsp3) is 0.222. The zero-order chi connectivity index (χ0) is 8.43. The van der Waals surface area contributed by atoms with Gasteiger partial charge in [-0.2, -0.15) is 5.26 Å². The molecule has 0 amide bonds. The topological polar surface area (TPSA) is 49.8 Å². The molecule has 0 saturated heterocycles. The van der Waals surface area contributed by atoms with Gasteiger partial charge in [0, 0.05) is 5.69 Å². The zero-order valence-corrected chi connectivity index (χ0v) is 6.68. The molecule has 0 spiro atoms. The molecule has 2 heteroatoms. The molecule has 0 unspecified atom stereocenters. The molecule has 0 heterocycles. The number of hydrogen-bond acceptors (Lipinski definition) is 2. The monoisotopic (exact) mass is 146 g/mol. The second-order valence-electron chi connectivity index (χ2n) is 2.62. The van der Waals surface area contributed by atoms with Crippen LogP contribution in [0.5, 0.6) is 0 Å². The lowest BCUT2D eigenvalue weighted by atomic mass is 10.1. The third kappa shape index (κ3) is 1.32. The molecule has 2 N–H and O–H groups in total. The van der Waals surface area contributed by atoms with Crippen molar-refractivity contribution in [1.29, 1.82) is 5.26 Å². The van der Waals surface area contributed by atoms with Crippen molar-refractivity contribution in [3.63, 3.8) is 0 Å². The Balaban J connectivity index is 3.35. The van der Waals surface area contributed by atoms with Crippen LogP contribution in [0, 0.1) is 25.2 Å². The number of anilines is 1. The first-order valence-corrected chi connectivity index (χ1v) is 3.42. The van der Waals surface area contributed by atoms with Crippen LogP contribution in [0.25, 0.3) is 0 Å². The van der Waals surface area contributed by atoms with Crippen LogP contribution in [0.4, 0.5) is 5.69 Å². The first-order chi connectivity index (χ1) is 5.15. The fourth-order valence-corrected chi connectivity index (χ4v) is 0.951. The van der Waals surface area contributed by atoms with Gasteiger partial charge in [-0.3, -0.25) is 0 Å². The van der Waals surface area contributed by atoms with Gasteiger partial charge in [0.05, 0.1) is 11.6 Å². The Hall–Kier alpha value is -1.49. The van der Waals surface area contributed by atoms with E-state index in [-0.39, 0.29) is 0 Å². The van der Waals surface area contributed by atoms with Gasteiger partial charge < -0.3 is 5.73 Å². The number of benzene rings is 1. The highest BCUT2D eigenvalue weighted by Gasteiger charge is 1.99. The summed E-state index contributed by atoms with van der Waals surface area (Å²) in [7, 11) is 0. The zero-order valence-electron chi connectivity index (χ0n) is 6.68. The lowest BCUT2D eigenvalue weighted by molar-refractivity contribution is 1.33. The smallest absolute Gasteiger partial charge is 0.0992 e. The van der Waals surface area contributed by atoms with Gasteiger partial charge in [0.15, 0.2) is 0 Å². The summed E-state index contributed by atoms with van der Waals surface area (Å²) in [5.41, 5.74) is 9.10. The number of hydrogen-bond donors (Lipinski definition) is 1. The van der Waals surface area contributed by atoms with E-state index in [4.69, 9.17) is 11.0 Å². The van der Waals surface area contributed by atoms with Crippen LogP contribution in [0.15, 0.2) is 12.1 Å². The molecule has 0 saturated carbocycles. The molecule has 1 rings (SSSR count). The minimum absolute atomic E-state index is 0.630.